The molecule has 800 valence electrons. The van der Waals surface area contributed by atoms with Crippen LogP contribution in [0.25, 0.3) is 48.6 Å². The van der Waals surface area contributed by atoms with Crippen molar-refractivity contribution in [2.24, 2.45) is 5.92 Å². The van der Waals surface area contributed by atoms with Crippen molar-refractivity contribution >= 4 is 113 Å². The lowest BCUT2D eigenvalue weighted by Crippen LogP contribution is -2.25. The van der Waals surface area contributed by atoms with Crippen molar-refractivity contribution in [1.82, 2.24) is 10.6 Å². The number of carbonyl (C=O) groups excluding carboxylic acids is 3. The van der Waals surface area contributed by atoms with Gasteiger partial charge in [0, 0.05) is 45.6 Å². The molecule has 0 spiro atoms. The van der Waals surface area contributed by atoms with Gasteiger partial charge in [-0.1, -0.05) is 576 Å². The van der Waals surface area contributed by atoms with Crippen molar-refractivity contribution in [1.29, 1.82) is 0 Å². The molecule has 3 saturated carbocycles. The van der Waals surface area contributed by atoms with Crippen LogP contribution in [-0.2, 0) is 70.8 Å². The number of Topliss-reactive ketones (excluding diaryl/α,β-unsaturated/α-hetero) is 1. The van der Waals surface area contributed by atoms with Gasteiger partial charge in [-0.3, -0.25) is 14.4 Å². The summed E-state index contributed by atoms with van der Waals surface area (Å²) in [4.78, 5) is 35.4. The van der Waals surface area contributed by atoms with Gasteiger partial charge in [-0.15, -0.1) is 0 Å². The van der Waals surface area contributed by atoms with E-state index in [9.17, 15) is 14.4 Å². The molecule has 149 heavy (non-hydrogen) atoms. The SMILES string of the molecule is C=Cc1ccc(C(C)(C)C)cc1.C=Cc1ccc(C(C)(C)C)cc1.C=Cc1ccc(C(C)(C)C)cc1Cl.C=Cc1ccc(C(C)(C)C)cc1Cl.C=Cc1ccc(C(C)(C)C)cc1Cl.C=Cc1cccc(C(C)(C)C)c1.C=Cc1cccc(C(C)(C)C)c1.C=Cc1cccc(C(C)(C)C)c1.CC(C)(C)c1ccc(C(=O)NC2CC2)c(Cl)c1.CC(C)(C)c1ccc(C(=O)NC2CC2)cc1.CC(C)(C)c1ccc(CC(=O)CC2CC2)cc1. The van der Waals surface area contributed by atoms with Crippen molar-refractivity contribution in [2.75, 3.05) is 0 Å². The second kappa shape index (κ2) is 58.1. The van der Waals surface area contributed by atoms with Crippen molar-refractivity contribution in [2.45, 2.75) is 351 Å². The minimum atomic E-state index is -0.0574. The van der Waals surface area contributed by atoms with Gasteiger partial charge in [-0.25, -0.2) is 0 Å². The second-order valence-corrected chi connectivity index (χ2v) is 52.2. The molecule has 0 radical (unpaired) electrons. The molecule has 0 atom stereocenters. The van der Waals surface area contributed by atoms with Crippen LogP contribution in [0.3, 0.4) is 0 Å². The van der Waals surface area contributed by atoms with Crippen molar-refractivity contribution in [3.8, 4) is 0 Å². The predicted octanol–water partition coefficient (Wildman–Crippen LogP) is 41.3. The topological polar surface area (TPSA) is 75.3 Å². The summed E-state index contributed by atoms with van der Waals surface area (Å²) >= 11 is 24.4. The number of halogens is 4. The molecule has 3 fully saturated rings. The molecule has 0 unspecified atom stereocenters. The summed E-state index contributed by atoms with van der Waals surface area (Å²) in [6, 6.07) is 83.8. The normalized spacial score (nSPS) is 12.8. The lowest BCUT2D eigenvalue weighted by Gasteiger charge is -2.19. The number of nitrogens with one attached hydrogen (secondary N) is 2. The highest BCUT2D eigenvalue weighted by Gasteiger charge is 2.29. The van der Waals surface area contributed by atoms with E-state index in [0.29, 0.717) is 40.8 Å². The zero-order valence-corrected chi connectivity index (χ0v) is 101. The molecule has 0 heterocycles. The van der Waals surface area contributed by atoms with Crippen LogP contribution in [0.1, 0.15) is 405 Å². The van der Waals surface area contributed by atoms with Gasteiger partial charge in [-0.2, -0.15) is 0 Å². The number of amides is 2. The standard InChI is InChI=1S/C16H22O.C14H18ClNO.C14H19NO.3C12H15Cl.5C12H16/c1-16(2,3)14-8-6-13(7-9-14)11-15(17)10-12-4-5-12;1-14(2,3)9-4-7-11(12(15)8-9)13(17)16-10-5-6-10;1-14(2,3)11-6-4-10(5-7-11)13(16)15-12-8-9-12;3*1-5-9-6-7-10(8-11(9)13)12(2,3)4;2*1-5-10-6-8-11(9-7-10)12(2,3)4;3*1-5-10-7-6-8-11(9-10)12(2,3)4/h6-9,12H,4-5,10-11H2,1-3H3;4,7-8,10H,5-6H2,1-3H3,(H,16,17);4-7,12H,8-9H2,1-3H3,(H,15,16);3*5-8H,1H2,2-4H3;5*5-9H,1H2,2-4H3. The van der Waals surface area contributed by atoms with Gasteiger partial charge in [0.1, 0.15) is 5.78 Å². The van der Waals surface area contributed by atoms with E-state index in [4.69, 9.17) is 46.4 Å². The van der Waals surface area contributed by atoms with E-state index in [2.05, 4.69) is 456 Å². The molecule has 0 aromatic heterocycles. The Labute approximate surface area is 925 Å². The van der Waals surface area contributed by atoms with E-state index >= 15 is 0 Å². The highest BCUT2D eigenvalue weighted by atomic mass is 35.5. The minimum absolute atomic E-state index is 0.0507. The molecule has 3 aliphatic rings. The maximum Gasteiger partial charge on any atom is 0.253 e. The molecule has 11 aromatic rings. The zero-order chi connectivity index (χ0) is 113. The Bertz CT molecular complexity index is 5770. The third-order valence-corrected chi connectivity index (χ3v) is 26.9. The van der Waals surface area contributed by atoms with Crippen LogP contribution in [0.2, 0.25) is 20.1 Å². The zero-order valence-electron chi connectivity index (χ0n) is 97.5. The first-order valence-corrected chi connectivity index (χ1v) is 54.4. The van der Waals surface area contributed by atoms with E-state index < -0.39 is 0 Å². The van der Waals surface area contributed by atoms with Crippen LogP contribution >= 0.6 is 46.4 Å². The van der Waals surface area contributed by atoms with Gasteiger partial charge in [0.2, 0.25) is 0 Å². The molecule has 0 bridgehead atoms. The summed E-state index contributed by atoms with van der Waals surface area (Å²) in [6.07, 6.45) is 23.1. The van der Waals surface area contributed by atoms with E-state index in [1.165, 1.54) is 96.3 Å². The summed E-state index contributed by atoms with van der Waals surface area (Å²) in [5.41, 5.74) is 27.8. The summed E-state index contributed by atoms with van der Waals surface area (Å²) in [6.45, 7) is 102. The fourth-order valence-corrected chi connectivity index (χ4v) is 15.5. The molecule has 9 heteroatoms. The van der Waals surface area contributed by atoms with Gasteiger partial charge in [0.05, 0.1) is 10.6 Å². The van der Waals surface area contributed by atoms with Crippen LogP contribution in [-0.4, -0.2) is 29.7 Å². The van der Waals surface area contributed by atoms with Gasteiger partial charge < -0.3 is 10.6 Å². The van der Waals surface area contributed by atoms with Crippen LogP contribution < -0.4 is 10.6 Å². The molecule has 0 aliphatic heterocycles. The average Bonchev–Trinajstić information content (AvgIpc) is 1.74. The van der Waals surface area contributed by atoms with E-state index in [1.807, 2.05) is 109 Å². The average molecular weight is 2080 g/mol. The number of carbonyl (C=O) groups is 3. The Hall–Kier alpha value is -10.9. The Morgan fingerprint density at radius 2 is 0.477 bits per heavy atom. The third-order valence-electron chi connectivity index (χ3n) is 25.6. The molecular weight excluding hydrogens is 1900 g/mol. The van der Waals surface area contributed by atoms with Crippen molar-refractivity contribution in [3.63, 3.8) is 0 Å². The Balaban J connectivity index is 0.000000342. The van der Waals surface area contributed by atoms with Gasteiger partial charge in [0.15, 0.2) is 0 Å². The first-order chi connectivity index (χ1) is 68.8. The Morgan fingerprint density at radius 1 is 0.248 bits per heavy atom. The molecular formula is C140H184Cl4N2O3. The fourth-order valence-electron chi connectivity index (χ4n) is 14.5. The van der Waals surface area contributed by atoms with E-state index in [1.54, 1.807) is 18.2 Å². The molecule has 3 aliphatic carbocycles. The third kappa shape index (κ3) is 49.0. The number of hydrogen-bond donors (Lipinski definition) is 2. The van der Waals surface area contributed by atoms with Crippen LogP contribution in [0.4, 0.5) is 0 Å². The summed E-state index contributed by atoms with van der Waals surface area (Å²) in [5.74, 6) is 1.10. The minimum Gasteiger partial charge on any atom is -0.349 e. The Morgan fingerprint density at radius 3 is 0.705 bits per heavy atom. The first-order valence-electron chi connectivity index (χ1n) is 52.9. The second-order valence-electron chi connectivity index (χ2n) is 50.5. The van der Waals surface area contributed by atoms with E-state index in [0.717, 1.165) is 80.6 Å². The summed E-state index contributed by atoms with van der Waals surface area (Å²) in [5, 5.41) is 8.81. The molecule has 5 nitrogen and oxygen atoms in total. The van der Waals surface area contributed by atoms with Crippen LogP contribution in [0.5, 0.6) is 0 Å². The van der Waals surface area contributed by atoms with Gasteiger partial charge in [0.25, 0.3) is 11.8 Å². The smallest absolute Gasteiger partial charge is 0.253 e. The lowest BCUT2D eigenvalue weighted by molar-refractivity contribution is -0.118. The molecule has 11 aromatic carbocycles. The van der Waals surface area contributed by atoms with Gasteiger partial charge >= 0.3 is 0 Å². The van der Waals surface area contributed by atoms with Crippen molar-refractivity contribution in [3.05, 3.63) is 438 Å². The van der Waals surface area contributed by atoms with Gasteiger partial charge in [-0.05, 0) is 258 Å². The lowest BCUT2D eigenvalue weighted by atomic mass is 9.86. The monoisotopic (exact) mass is 2080 g/mol. The highest BCUT2D eigenvalue weighted by molar-refractivity contribution is 6.34. The van der Waals surface area contributed by atoms with Crippen LogP contribution in [0.15, 0.2) is 295 Å². The number of benzene rings is 11. The predicted molar refractivity (Wildman–Crippen MR) is 664 cm³/mol. The number of rotatable bonds is 16. The molecule has 2 amide bonds. The fraction of sp³-hybridized carbons (Fsp3) is 0.393. The maximum atomic E-state index is 11.9. The quantitative estimate of drug-likeness (QED) is 0.101. The molecule has 2 N–H and O–H groups in total. The highest BCUT2D eigenvalue weighted by Crippen LogP contribution is 2.37. The maximum absolute atomic E-state index is 11.9. The molecule has 14 rings (SSSR count). The number of ketones is 1. The summed E-state index contributed by atoms with van der Waals surface area (Å²) in [7, 11) is 0. The van der Waals surface area contributed by atoms with Crippen LogP contribution in [0, 0.1) is 5.92 Å². The number of hydrogen-bond acceptors (Lipinski definition) is 3. The Kier molecular flexibility index (Phi) is 50.8. The van der Waals surface area contributed by atoms with E-state index in [-0.39, 0.29) is 71.4 Å². The first kappa shape index (κ1) is 130. The molecule has 0 saturated heterocycles. The largest absolute Gasteiger partial charge is 0.349 e. The van der Waals surface area contributed by atoms with Crippen molar-refractivity contribution < 1.29 is 14.4 Å². The summed E-state index contributed by atoms with van der Waals surface area (Å²) < 4.78 is 0.